The van der Waals surface area contributed by atoms with E-state index in [2.05, 4.69) is 0 Å². The minimum Gasteiger partial charge on any atom is -0.544 e. The summed E-state index contributed by atoms with van der Waals surface area (Å²) in [5, 5.41) is 93.3. The zero-order valence-corrected chi connectivity index (χ0v) is 18.3. The van der Waals surface area contributed by atoms with Gasteiger partial charge in [0.2, 0.25) is 11.6 Å². The van der Waals surface area contributed by atoms with Gasteiger partial charge in [-0.05, 0) is 6.42 Å². The summed E-state index contributed by atoms with van der Waals surface area (Å²) in [7, 11) is 0. The maximum Gasteiger partial charge on any atom is 0.212 e. The second-order valence-electron chi connectivity index (χ2n) is 8.21. The number of aliphatic carboxylic acids is 2. The van der Waals surface area contributed by atoms with Gasteiger partial charge in [0.05, 0.1) is 32.0 Å². The third-order valence-electron chi connectivity index (χ3n) is 5.68. The van der Waals surface area contributed by atoms with Gasteiger partial charge in [-0.15, -0.1) is 0 Å². The molecule has 2 saturated heterocycles. The summed E-state index contributed by atoms with van der Waals surface area (Å²) in [6.07, 6.45) is -16.6. The molecule has 10 atom stereocenters. The molecule has 2 aliphatic rings. The van der Waals surface area contributed by atoms with Crippen LogP contribution in [0.2, 0.25) is 0 Å². The maximum absolute atomic E-state index is 12.0. The Morgan fingerprint density at radius 1 is 0.941 bits per heavy atom. The Bertz CT molecular complexity index is 705. The van der Waals surface area contributed by atoms with Crippen molar-refractivity contribution in [3.63, 3.8) is 0 Å². The molecule has 15 heteroatoms. The number of hydrogen-bond donors (Lipinski definition) is 7. The molecule has 34 heavy (non-hydrogen) atoms. The van der Waals surface area contributed by atoms with Gasteiger partial charge in [-0.25, -0.2) is 0 Å². The van der Waals surface area contributed by atoms with Crippen LogP contribution in [0.3, 0.4) is 0 Å². The Morgan fingerprint density at radius 2 is 1.44 bits per heavy atom. The summed E-state index contributed by atoms with van der Waals surface area (Å²) in [6.45, 7) is -0.560. The molecule has 0 aromatic carbocycles. The minimum atomic E-state index is -2.96. The number of hydrogen-bond acceptors (Lipinski definition) is 15. The van der Waals surface area contributed by atoms with Crippen molar-refractivity contribution < 1.29 is 74.5 Å². The summed E-state index contributed by atoms with van der Waals surface area (Å²) in [5.74, 6) is -9.68. The average Bonchev–Trinajstić information content (AvgIpc) is 2.80. The molecule has 198 valence electrons. The largest absolute Gasteiger partial charge is 0.544 e. The Hall–Kier alpha value is -1.50. The highest BCUT2D eigenvalue weighted by Gasteiger charge is 2.57. The van der Waals surface area contributed by atoms with Crippen molar-refractivity contribution in [2.45, 2.75) is 86.6 Å². The van der Waals surface area contributed by atoms with Gasteiger partial charge in [0.1, 0.15) is 48.6 Å². The van der Waals surface area contributed by atoms with Crippen molar-refractivity contribution in [2.24, 2.45) is 0 Å². The lowest BCUT2D eigenvalue weighted by atomic mass is 9.90. The first-order valence-corrected chi connectivity index (χ1v) is 10.6. The second-order valence-corrected chi connectivity index (χ2v) is 8.21. The molecule has 0 spiro atoms. The van der Waals surface area contributed by atoms with E-state index in [4.69, 9.17) is 18.9 Å². The molecule has 2 fully saturated rings. The summed E-state index contributed by atoms with van der Waals surface area (Å²) in [4.78, 5) is 24.0. The highest BCUT2D eigenvalue weighted by molar-refractivity contribution is 5.74. The minimum absolute atomic E-state index is 0.198. The van der Waals surface area contributed by atoms with Crippen LogP contribution in [0, 0.1) is 0 Å². The number of carbonyl (C=O) groups is 2. The van der Waals surface area contributed by atoms with Crippen LogP contribution >= 0.6 is 0 Å². The fourth-order valence-corrected chi connectivity index (χ4v) is 3.87. The monoisotopic (exact) mass is 498 g/mol. The number of carboxylic acid groups (broad SMARTS) is 2. The summed E-state index contributed by atoms with van der Waals surface area (Å²) >= 11 is 0. The predicted molar refractivity (Wildman–Crippen MR) is 99.8 cm³/mol. The van der Waals surface area contributed by atoms with Gasteiger partial charge in [0.15, 0.2) is 0 Å². The smallest absolute Gasteiger partial charge is 0.212 e. The first-order chi connectivity index (χ1) is 15.9. The van der Waals surface area contributed by atoms with E-state index in [1.165, 1.54) is 0 Å². The topological polar surface area (TPSA) is 259 Å². The van der Waals surface area contributed by atoms with Gasteiger partial charge < -0.3 is 74.5 Å². The maximum atomic E-state index is 12.0. The normalized spacial score (nSPS) is 40.5. The Balaban J connectivity index is 2.47. The molecule has 0 aliphatic carbocycles. The van der Waals surface area contributed by atoms with Crippen LogP contribution in [-0.4, -0.2) is 128 Å². The third kappa shape index (κ3) is 5.66. The second kappa shape index (κ2) is 11.5. The van der Waals surface area contributed by atoms with Crippen molar-refractivity contribution in [1.29, 1.82) is 0 Å². The fraction of sp³-hybridized carbons (Fsp3) is 0.895. The quantitative estimate of drug-likeness (QED) is 0.140. The van der Waals surface area contributed by atoms with Crippen LogP contribution in [-0.2, 0) is 28.5 Å². The number of rotatable bonds is 11. The molecule has 0 unspecified atom stereocenters. The molecular weight excluding hydrogens is 468 g/mol. The molecule has 2 heterocycles. The predicted octanol–water partition coefficient (Wildman–Crippen LogP) is -6.94. The third-order valence-corrected chi connectivity index (χ3v) is 5.68. The molecule has 0 saturated carbocycles. The van der Waals surface area contributed by atoms with Crippen molar-refractivity contribution in [3.8, 4) is 0 Å². The van der Waals surface area contributed by atoms with E-state index in [1.54, 1.807) is 6.92 Å². The summed E-state index contributed by atoms with van der Waals surface area (Å²) < 4.78 is 21.1. The van der Waals surface area contributed by atoms with Crippen LogP contribution in [0.4, 0.5) is 0 Å². The van der Waals surface area contributed by atoms with Gasteiger partial charge >= 0.3 is 0 Å². The van der Waals surface area contributed by atoms with Crippen LogP contribution < -0.4 is 10.2 Å². The Kier molecular flexibility index (Phi) is 9.71. The van der Waals surface area contributed by atoms with E-state index < -0.39 is 98.4 Å². The molecule has 0 aromatic heterocycles. The fourth-order valence-electron chi connectivity index (χ4n) is 3.87. The lowest BCUT2D eigenvalue weighted by Crippen LogP contribution is -2.70. The number of aliphatic hydroxyl groups excluding tert-OH is 7. The van der Waals surface area contributed by atoms with Crippen molar-refractivity contribution in [3.05, 3.63) is 0 Å². The lowest BCUT2D eigenvalue weighted by Gasteiger charge is -2.52. The van der Waals surface area contributed by atoms with E-state index in [0.717, 1.165) is 0 Å². The van der Waals surface area contributed by atoms with E-state index in [9.17, 15) is 55.5 Å². The summed E-state index contributed by atoms with van der Waals surface area (Å²) in [6, 6.07) is 0. The van der Waals surface area contributed by atoms with Crippen molar-refractivity contribution >= 4 is 11.9 Å². The lowest BCUT2D eigenvalue weighted by molar-refractivity contribution is -0.418. The number of carboxylic acids is 2. The first kappa shape index (κ1) is 28.7. The van der Waals surface area contributed by atoms with Crippen LogP contribution in [0.1, 0.15) is 26.2 Å². The Morgan fingerprint density at radius 3 is 1.91 bits per heavy atom. The summed E-state index contributed by atoms with van der Waals surface area (Å²) in [5.41, 5.74) is 0. The van der Waals surface area contributed by atoms with Gasteiger partial charge in [0, 0.05) is 12.8 Å². The van der Waals surface area contributed by atoms with E-state index in [0.29, 0.717) is 6.42 Å². The van der Waals surface area contributed by atoms with E-state index in [-0.39, 0.29) is 6.61 Å². The highest BCUT2D eigenvalue weighted by atomic mass is 16.8. The average molecular weight is 498 g/mol. The zero-order valence-electron chi connectivity index (χ0n) is 18.3. The molecule has 0 radical (unpaired) electrons. The molecule has 2 rings (SSSR count). The SMILES string of the molecule is CCCO[C@]1(C(=O)[O-])C[C@@H](O[C@]2(C(=O)[O-])C[C@@H](O)[C@@H](O)[C@@H]([C@H](O)CO)O2)[C@@H](O)[C@@H]([C@H](O)CO)O1. The molecule has 0 amide bonds. The number of carbonyl (C=O) groups excluding carboxylic acids is 2. The molecule has 2 aliphatic heterocycles. The first-order valence-electron chi connectivity index (χ1n) is 10.6. The van der Waals surface area contributed by atoms with Gasteiger partial charge in [-0.1, -0.05) is 6.92 Å². The number of ether oxygens (including phenoxy) is 4. The van der Waals surface area contributed by atoms with Crippen molar-refractivity contribution in [2.75, 3.05) is 19.8 Å². The van der Waals surface area contributed by atoms with E-state index >= 15 is 0 Å². The molecule has 0 bridgehead atoms. The zero-order chi connectivity index (χ0) is 25.8. The number of aliphatic hydroxyl groups is 7. The Labute approximate surface area is 193 Å². The van der Waals surface area contributed by atoms with Crippen LogP contribution in [0.5, 0.6) is 0 Å². The van der Waals surface area contributed by atoms with Gasteiger partial charge in [-0.2, -0.15) is 0 Å². The molecule has 0 aromatic rings. The van der Waals surface area contributed by atoms with E-state index in [1.807, 2.05) is 0 Å². The molecular formula is C19H30O15-2. The van der Waals surface area contributed by atoms with Gasteiger partial charge in [0.25, 0.3) is 0 Å². The standard InChI is InChI=1S/C19H32O15/c1-2-3-31-18(16(27)28)5-11(13(26)15(33-18)10(24)7-21)32-19(17(29)30)4-8(22)12(25)14(34-19)9(23)6-20/h8-15,20-26H,2-7H2,1H3,(H,27,28)(H,29,30)/p-2/t8-,9-,10-,11-,12-,13-,14-,15-,18-,19-/m1/s1. The van der Waals surface area contributed by atoms with Crippen LogP contribution in [0.15, 0.2) is 0 Å². The van der Waals surface area contributed by atoms with Gasteiger partial charge in [-0.3, -0.25) is 0 Å². The van der Waals surface area contributed by atoms with Crippen molar-refractivity contribution in [1.82, 2.24) is 0 Å². The molecule has 15 nitrogen and oxygen atoms in total. The highest BCUT2D eigenvalue weighted by Crippen LogP contribution is 2.39. The van der Waals surface area contributed by atoms with Crippen LogP contribution in [0.25, 0.3) is 0 Å². The molecule has 7 N–H and O–H groups in total.